The number of halogens is 4. The number of hydrogen-bond donors (Lipinski definition) is 6. The highest BCUT2D eigenvalue weighted by Gasteiger charge is 2.22. The number of nitro groups is 1. The number of nitrogens with zero attached hydrogens (tertiary/aromatic N) is 2. The molecule has 0 atom stereocenters. The van der Waals surface area contributed by atoms with E-state index in [4.69, 9.17) is 4.84 Å². The molecule has 3 aromatic carbocycles. The molecule has 0 aliphatic carbocycles. The average molecular weight is 827 g/mol. The number of carbonyl (C=O) groups is 3. The van der Waals surface area contributed by atoms with Gasteiger partial charge in [0.2, 0.25) is 5.91 Å². The molecule has 0 saturated heterocycles. The van der Waals surface area contributed by atoms with Crippen LogP contribution < -0.4 is 32.1 Å². The summed E-state index contributed by atoms with van der Waals surface area (Å²) in [6.45, 7) is 4.29. The van der Waals surface area contributed by atoms with Crippen LogP contribution in [-0.4, -0.2) is 53.9 Å². The normalized spacial score (nSPS) is 10.8. The number of aromatic nitrogens is 1. The van der Waals surface area contributed by atoms with Crippen LogP contribution in [0, 0.1) is 38.1 Å². The van der Waals surface area contributed by atoms with Crippen LogP contribution in [-0.2, 0) is 9.63 Å². The number of aryl methyl sites for hydroxylation is 1. The van der Waals surface area contributed by atoms with Crippen molar-refractivity contribution < 1.29 is 37.3 Å². The van der Waals surface area contributed by atoms with Crippen molar-refractivity contribution in [3.05, 3.63) is 96.5 Å². The number of rotatable bonds is 16. The summed E-state index contributed by atoms with van der Waals surface area (Å²) in [6, 6.07) is 10.6. The van der Waals surface area contributed by atoms with E-state index in [0.29, 0.717) is 35.3 Å². The van der Waals surface area contributed by atoms with Gasteiger partial charge in [-0.25, -0.2) is 23.6 Å². The fourth-order valence-corrected chi connectivity index (χ4v) is 5.60. The highest BCUT2D eigenvalue weighted by atomic mass is 127. The number of benzene rings is 3. The summed E-state index contributed by atoms with van der Waals surface area (Å²) in [5, 5.41) is 24.9. The van der Waals surface area contributed by atoms with E-state index in [0.717, 1.165) is 23.5 Å². The molecule has 3 amide bonds. The lowest BCUT2D eigenvalue weighted by molar-refractivity contribution is -0.380. The molecule has 19 heteroatoms. The Morgan fingerprint density at radius 2 is 1.70 bits per heavy atom. The summed E-state index contributed by atoms with van der Waals surface area (Å²) < 4.78 is 43.4. The number of carbonyl (C=O) groups excluding carboxylic acids is 3. The SMILES string of the molecule is CC(=O)Nc1cc(NCCNCCCONC(=O)c2ccc(F)c(F)c2Nc2ccc(I)cc2F)ccc1C(=O)Nc1nc(C)c([N+](=O)[O-])s1. The Balaban J connectivity index is 1.21. The highest BCUT2D eigenvalue weighted by Crippen LogP contribution is 2.31. The third-order valence-electron chi connectivity index (χ3n) is 6.66. The Kier molecular flexibility index (Phi) is 13.4. The van der Waals surface area contributed by atoms with Gasteiger partial charge in [0.1, 0.15) is 11.5 Å². The lowest BCUT2D eigenvalue weighted by Gasteiger charge is -2.14. The van der Waals surface area contributed by atoms with Crippen LogP contribution in [0.2, 0.25) is 0 Å². The molecular formula is C31H30F3IN8O6S. The molecule has 264 valence electrons. The molecule has 0 saturated carbocycles. The maximum absolute atomic E-state index is 14.6. The minimum absolute atomic E-state index is 0.0511. The number of hydrogen-bond acceptors (Lipinski definition) is 11. The molecule has 50 heavy (non-hydrogen) atoms. The van der Waals surface area contributed by atoms with Gasteiger partial charge in [-0.3, -0.25) is 34.7 Å². The zero-order valence-corrected chi connectivity index (χ0v) is 29.4. The zero-order chi connectivity index (χ0) is 36.4. The molecular weight excluding hydrogens is 796 g/mol. The molecule has 6 N–H and O–H groups in total. The van der Waals surface area contributed by atoms with E-state index < -0.39 is 45.8 Å². The minimum Gasteiger partial charge on any atom is -0.384 e. The van der Waals surface area contributed by atoms with Crippen molar-refractivity contribution in [1.82, 2.24) is 15.8 Å². The molecule has 0 bridgehead atoms. The Bertz CT molecular complexity index is 1910. The summed E-state index contributed by atoms with van der Waals surface area (Å²) in [4.78, 5) is 57.1. The van der Waals surface area contributed by atoms with E-state index in [1.807, 2.05) is 22.6 Å². The molecule has 0 aliphatic rings. The summed E-state index contributed by atoms with van der Waals surface area (Å²) >= 11 is 2.63. The standard InChI is InChI=1S/C31H30F3IN8O6S/c1-16-30(43(47)48)50-31(38-16)41-28(45)20-6-5-19(15-25(20)39-17(2)44)37-12-11-36-10-3-13-49-42-29(46)21-7-8-22(32)26(34)27(21)40-24-9-4-18(35)14-23(24)33/h4-9,14-15,36-37,40H,3,10-13H2,1-2H3,(H,39,44)(H,42,46)(H,38,41,45). The van der Waals surface area contributed by atoms with Crippen molar-refractivity contribution in [3.63, 3.8) is 0 Å². The molecule has 0 fully saturated rings. The van der Waals surface area contributed by atoms with Gasteiger partial charge in [0.05, 0.1) is 39.7 Å². The first-order valence-electron chi connectivity index (χ1n) is 14.8. The quantitative estimate of drug-likeness (QED) is 0.0334. The van der Waals surface area contributed by atoms with Crippen LogP contribution in [0.3, 0.4) is 0 Å². The van der Waals surface area contributed by atoms with E-state index in [9.17, 15) is 37.7 Å². The van der Waals surface area contributed by atoms with E-state index >= 15 is 0 Å². The van der Waals surface area contributed by atoms with Crippen LogP contribution in [0.5, 0.6) is 0 Å². The predicted molar refractivity (Wildman–Crippen MR) is 190 cm³/mol. The van der Waals surface area contributed by atoms with E-state index in [1.54, 1.807) is 18.2 Å². The monoisotopic (exact) mass is 826 g/mol. The van der Waals surface area contributed by atoms with E-state index in [-0.39, 0.29) is 44.9 Å². The van der Waals surface area contributed by atoms with Gasteiger partial charge in [-0.2, -0.15) is 0 Å². The molecule has 4 rings (SSSR count). The van der Waals surface area contributed by atoms with Crippen molar-refractivity contribution in [2.75, 3.05) is 47.5 Å². The van der Waals surface area contributed by atoms with Crippen molar-refractivity contribution in [2.24, 2.45) is 0 Å². The van der Waals surface area contributed by atoms with E-state index in [1.165, 1.54) is 32.0 Å². The molecule has 1 aromatic heterocycles. The topological polar surface area (TPSA) is 189 Å². The van der Waals surface area contributed by atoms with Gasteiger partial charge in [-0.15, -0.1) is 0 Å². The van der Waals surface area contributed by atoms with Crippen molar-refractivity contribution in [1.29, 1.82) is 0 Å². The number of hydroxylamine groups is 1. The first-order chi connectivity index (χ1) is 23.8. The van der Waals surface area contributed by atoms with Crippen LogP contribution >= 0.6 is 33.9 Å². The van der Waals surface area contributed by atoms with Gasteiger partial charge in [-0.1, -0.05) is 0 Å². The number of anilines is 5. The maximum Gasteiger partial charge on any atom is 0.348 e. The first kappa shape index (κ1) is 38.0. The molecule has 4 aromatic rings. The lowest BCUT2D eigenvalue weighted by Crippen LogP contribution is -2.28. The third kappa shape index (κ3) is 10.3. The van der Waals surface area contributed by atoms with Gasteiger partial charge in [0, 0.05) is 29.3 Å². The Hall–Kier alpha value is -4.86. The van der Waals surface area contributed by atoms with Crippen LogP contribution in [0.4, 0.5) is 46.1 Å². The number of thiazole rings is 1. The smallest absolute Gasteiger partial charge is 0.348 e. The zero-order valence-electron chi connectivity index (χ0n) is 26.4. The highest BCUT2D eigenvalue weighted by molar-refractivity contribution is 14.1. The predicted octanol–water partition coefficient (Wildman–Crippen LogP) is 6.09. The number of amides is 3. The summed E-state index contributed by atoms with van der Waals surface area (Å²) in [5.74, 6) is -5.15. The van der Waals surface area contributed by atoms with Gasteiger partial charge in [-0.05, 0) is 102 Å². The fourth-order valence-electron chi connectivity index (χ4n) is 4.37. The molecule has 1 heterocycles. The summed E-state index contributed by atoms with van der Waals surface area (Å²) in [6.07, 6.45) is 0.468. The van der Waals surface area contributed by atoms with Crippen LogP contribution in [0.1, 0.15) is 39.8 Å². The van der Waals surface area contributed by atoms with Crippen molar-refractivity contribution in [2.45, 2.75) is 20.3 Å². The molecule has 14 nitrogen and oxygen atoms in total. The molecule has 0 aliphatic heterocycles. The lowest BCUT2D eigenvalue weighted by atomic mass is 10.1. The average Bonchev–Trinajstić information content (AvgIpc) is 3.43. The largest absolute Gasteiger partial charge is 0.384 e. The van der Waals surface area contributed by atoms with Crippen molar-refractivity contribution >= 4 is 84.5 Å². The van der Waals surface area contributed by atoms with Gasteiger partial charge in [0.15, 0.2) is 16.8 Å². The number of nitrogens with one attached hydrogen (secondary N) is 6. The van der Waals surface area contributed by atoms with E-state index in [2.05, 4.69) is 37.0 Å². The van der Waals surface area contributed by atoms with Gasteiger partial charge >= 0.3 is 5.00 Å². The summed E-state index contributed by atoms with van der Waals surface area (Å²) in [5.41, 5.74) is 2.34. The Morgan fingerprint density at radius 3 is 2.40 bits per heavy atom. The Labute approximate surface area is 300 Å². The second-order valence-electron chi connectivity index (χ2n) is 10.4. The minimum atomic E-state index is -1.35. The first-order valence-corrected chi connectivity index (χ1v) is 16.6. The Morgan fingerprint density at radius 1 is 0.940 bits per heavy atom. The van der Waals surface area contributed by atoms with Crippen LogP contribution in [0.15, 0.2) is 48.5 Å². The van der Waals surface area contributed by atoms with Gasteiger partial charge < -0.3 is 21.3 Å². The molecule has 0 radical (unpaired) electrons. The third-order valence-corrected chi connectivity index (χ3v) is 8.35. The molecule has 0 spiro atoms. The van der Waals surface area contributed by atoms with Crippen molar-refractivity contribution in [3.8, 4) is 0 Å². The fraction of sp³-hybridized carbons (Fsp3) is 0.226. The van der Waals surface area contributed by atoms with Crippen LogP contribution in [0.25, 0.3) is 0 Å². The molecule has 0 unspecified atom stereocenters. The summed E-state index contributed by atoms with van der Waals surface area (Å²) in [7, 11) is 0. The second-order valence-corrected chi connectivity index (χ2v) is 12.6. The maximum atomic E-state index is 14.6. The second kappa shape index (κ2) is 17.7. The van der Waals surface area contributed by atoms with Gasteiger partial charge in [0.25, 0.3) is 11.8 Å².